The molecule has 2 N–H and O–H groups in total. The maximum absolute atomic E-state index is 11.7. The van der Waals surface area contributed by atoms with Gasteiger partial charge in [-0.05, 0) is 29.5 Å². The van der Waals surface area contributed by atoms with Crippen LogP contribution >= 0.6 is 0 Å². The Bertz CT molecular complexity index is 517. The van der Waals surface area contributed by atoms with Crippen molar-refractivity contribution in [3.63, 3.8) is 0 Å². The van der Waals surface area contributed by atoms with Gasteiger partial charge in [0.15, 0.2) is 0 Å². The fourth-order valence-corrected chi connectivity index (χ4v) is 1.52. The monoisotopic (exact) mass is 232 g/mol. The molecule has 0 saturated carbocycles. The molecule has 1 heterocycles. The summed E-state index contributed by atoms with van der Waals surface area (Å²) in [6.07, 6.45) is 1.85. The third-order valence-electron chi connectivity index (χ3n) is 2.40. The number of benzene rings is 1. The first-order chi connectivity index (χ1) is 8.16. The highest BCUT2D eigenvalue weighted by molar-refractivity contribution is 5.97. The van der Waals surface area contributed by atoms with Crippen LogP contribution in [-0.2, 0) is 4.84 Å². The Labute approximate surface area is 99.9 Å². The molecule has 1 aromatic heterocycles. The molecule has 2 aromatic rings. The molecule has 0 spiro atoms. The van der Waals surface area contributed by atoms with Gasteiger partial charge in [-0.15, -0.1) is 0 Å². The van der Waals surface area contributed by atoms with Crippen LogP contribution < -0.4 is 5.48 Å². The minimum absolute atomic E-state index is 0.220. The number of fused-ring (bicyclic) bond motifs is 1. The van der Waals surface area contributed by atoms with E-state index >= 15 is 0 Å². The Hall–Kier alpha value is -1.81. The van der Waals surface area contributed by atoms with Gasteiger partial charge in [0, 0.05) is 17.3 Å². The molecule has 1 aromatic carbocycles. The third-order valence-corrected chi connectivity index (χ3v) is 2.40. The van der Waals surface area contributed by atoms with Crippen molar-refractivity contribution in [3.8, 4) is 0 Å². The molecule has 4 nitrogen and oxygen atoms in total. The summed E-state index contributed by atoms with van der Waals surface area (Å²) < 4.78 is 0. The molecule has 0 saturated heterocycles. The first kappa shape index (κ1) is 11.7. The van der Waals surface area contributed by atoms with Crippen LogP contribution in [0.25, 0.3) is 10.9 Å². The lowest BCUT2D eigenvalue weighted by Gasteiger charge is -2.07. The molecule has 0 aliphatic carbocycles. The Morgan fingerprint density at radius 2 is 2.24 bits per heavy atom. The van der Waals surface area contributed by atoms with E-state index in [0.717, 1.165) is 10.9 Å². The fraction of sp³-hybridized carbons (Fsp3) is 0.308. The minimum Gasteiger partial charge on any atom is -0.361 e. The quantitative estimate of drug-likeness (QED) is 0.796. The van der Waals surface area contributed by atoms with Crippen molar-refractivity contribution in [2.45, 2.75) is 13.8 Å². The summed E-state index contributed by atoms with van der Waals surface area (Å²) in [6.45, 7) is 4.56. The van der Waals surface area contributed by atoms with Gasteiger partial charge in [0.05, 0.1) is 6.61 Å². The Morgan fingerprint density at radius 3 is 3.00 bits per heavy atom. The van der Waals surface area contributed by atoms with Gasteiger partial charge in [-0.25, -0.2) is 5.48 Å². The first-order valence-electron chi connectivity index (χ1n) is 5.66. The van der Waals surface area contributed by atoms with Crippen molar-refractivity contribution in [2.75, 3.05) is 6.61 Å². The number of hydrogen-bond acceptors (Lipinski definition) is 2. The van der Waals surface area contributed by atoms with Gasteiger partial charge >= 0.3 is 0 Å². The van der Waals surface area contributed by atoms with Crippen molar-refractivity contribution in [1.29, 1.82) is 0 Å². The number of aromatic amines is 1. The summed E-state index contributed by atoms with van der Waals surface area (Å²) in [5.74, 6) is 0.170. The normalized spacial score (nSPS) is 11.0. The van der Waals surface area contributed by atoms with Gasteiger partial charge in [0.1, 0.15) is 0 Å². The maximum atomic E-state index is 11.7. The van der Waals surface area contributed by atoms with E-state index in [9.17, 15) is 4.79 Å². The Balaban J connectivity index is 2.03. The zero-order valence-corrected chi connectivity index (χ0v) is 9.99. The van der Waals surface area contributed by atoms with E-state index in [4.69, 9.17) is 4.84 Å². The molecule has 0 aliphatic rings. The molecule has 0 atom stereocenters. The van der Waals surface area contributed by atoms with Crippen LogP contribution in [0.1, 0.15) is 24.2 Å². The van der Waals surface area contributed by atoms with E-state index in [1.807, 2.05) is 38.2 Å². The molecule has 0 radical (unpaired) electrons. The second-order valence-electron chi connectivity index (χ2n) is 4.42. The summed E-state index contributed by atoms with van der Waals surface area (Å²) >= 11 is 0. The lowest BCUT2D eigenvalue weighted by molar-refractivity contribution is 0.0209. The number of amides is 1. The lowest BCUT2D eigenvalue weighted by atomic mass is 10.1. The summed E-state index contributed by atoms with van der Waals surface area (Å²) in [6, 6.07) is 7.46. The number of hydroxylamine groups is 1. The average molecular weight is 232 g/mol. The highest BCUT2D eigenvalue weighted by atomic mass is 16.6. The van der Waals surface area contributed by atoms with Crippen LogP contribution in [0.4, 0.5) is 0 Å². The van der Waals surface area contributed by atoms with Crippen LogP contribution in [0.5, 0.6) is 0 Å². The number of nitrogens with one attached hydrogen (secondary N) is 2. The maximum Gasteiger partial charge on any atom is 0.274 e. The smallest absolute Gasteiger partial charge is 0.274 e. The summed E-state index contributed by atoms with van der Waals surface area (Å²) in [5, 5.41) is 1.09. The largest absolute Gasteiger partial charge is 0.361 e. The summed E-state index contributed by atoms with van der Waals surface area (Å²) in [4.78, 5) is 19.9. The van der Waals surface area contributed by atoms with Gasteiger partial charge in [0.25, 0.3) is 5.91 Å². The van der Waals surface area contributed by atoms with Gasteiger partial charge in [-0.3, -0.25) is 9.63 Å². The van der Waals surface area contributed by atoms with E-state index in [1.54, 1.807) is 6.07 Å². The number of carbonyl (C=O) groups excluding carboxylic acids is 1. The topological polar surface area (TPSA) is 54.1 Å². The molecule has 2 rings (SSSR count). The molecule has 90 valence electrons. The Kier molecular flexibility index (Phi) is 3.44. The Morgan fingerprint density at radius 1 is 1.41 bits per heavy atom. The summed E-state index contributed by atoms with van der Waals surface area (Å²) in [5.41, 5.74) is 3.97. The number of hydrogen-bond donors (Lipinski definition) is 2. The average Bonchev–Trinajstić information content (AvgIpc) is 2.75. The number of H-pyrrole nitrogens is 1. The number of carbonyl (C=O) groups is 1. The zero-order chi connectivity index (χ0) is 12.3. The third kappa shape index (κ3) is 2.85. The van der Waals surface area contributed by atoms with Gasteiger partial charge < -0.3 is 4.98 Å². The lowest BCUT2D eigenvalue weighted by Crippen LogP contribution is -2.25. The SMILES string of the molecule is CC(C)CONC(=O)c1ccc2cc[nH]c2c1. The first-order valence-corrected chi connectivity index (χ1v) is 5.66. The molecule has 17 heavy (non-hydrogen) atoms. The molecule has 0 unspecified atom stereocenters. The predicted octanol–water partition coefficient (Wildman–Crippen LogP) is 2.49. The van der Waals surface area contributed by atoms with Crippen LogP contribution in [-0.4, -0.2) is 17.5 Å². The minimum atomic E-state index is -0.220. The molecule has 0 bridgehead atoms. The fourth-order valence-electron chi connectivity index (χ4n) is 1.52. The number of aromatic nitrogens is 1. The van der Waals surface area contributed by atoms with E-state index < -0.39 is 0 Å². The molecular formula is C13H16N2O2. The summed E-state index contributed by atoms with van der Waals surface area (Å²) in [7, 11) is 0. The van der Waals surface area contributed by atoms with Crippen molar-refractivity contribution in [3.05, 3.63) is 36.0 Å². The zero-order valence-electron chi connectivity index (χ0n) is 9.99. The second-order valence-corrected chi connectivity index (χ2v) is 4.42. The van der Waals surface area contributed by atoms with Crippen LogP contribution in [0, 0.1) is 5.92 Å². The van der Waals surface area contributed by atoms with Crippen molar-refractivity contribution in [1.82, 2.24) is 10.5 Å². The van der Waals surface area contributed by atoms with Gasteiger partial charge in [-0.2, -0.15) is 0 Å². The van der Waals surface area contributed by atoms with Gasteiger partial charge in [0.2, 0.25) is 0 Å². The van der Waals surface area contributed by atoms with Crippen molar-refractivity contribution >= 4 is 16.8 Å². The van der Waals surface area contributed by atoms with Crippen molar-refractivity contribution < 1.29 is 9.63 Å². The van der Waals surface area contributed by atoms with Crippen LogP contribution in [0.2, 0.25) is 0 Å². The van der Waals surface area contributed by atoms with Crippen LogP contribution in [0.15, 0.2) is 30.5 Å². The predicted molar refractivity (Wildman–Crippen MR) is 66.6 cm³/mol. The molecule has 4 heteroatoms. The second kappa shape index (κ2) is 5.01. The highest BCUT2D eigenvalue weighted by Gasteiger charge is 2.07. The standard InChI is InChI=1S/C13H16N2O2/c1-9(2)8-17-15-13(16)11-4-3-10-5-6-14-12(10)7-11/h3-7,9,14H,8H2,1-2H3,(H,15,16). The molecular weight excluding hydrogens is 216 g/mol. The van der Waals surface area contributed by atoms with Crippen LogP contribution in [0.3, 0.4) is 0 Å². The van der Waals surface area contributed by atoms with Gasteiger partial charge in [-0.1, -0.05) is 19.9 Å². The highest BCUT2D eigenvalue weighted by Crippen LogP contribution is 2.13. The van der Waals surface area contributed by atoms with E-state index in [2.05, 4.69) is 10.5 Å². The molecule has 0 aliphatic heterocycles. The molecule has 0 fully saturated rings. The number of rotatable bonds is 4. The van der Waals surface area contributed by atoms with E-state index in [-0.39, 0.29) is 5.91 Å². The van der Waals surface area contributed by atoms with E-state index in [1.165, 1.54) is 0 Å². The van der Waals surface area contributed by atoms with E-state index in [0.29, 0.717) is 18.1 Å². The van der Waals surface area contributed by atoms with Crippen molar-refractivity contribution in [2.24, 2.45) is 5.92 Å². The molecule has 1 amide bonds.